The van der Waals surface area contributed by atoms with Crippen molar-refractivity contribution in [1.82, 2.24) is 5.32 Å². The molecule has 0 saturated carbocycles. The van der Waals surface area contributed by atoms with Gasteiger partial charge in [-0.25, -0.2) is 0 Å². The number of nitrogens with one attached hydrogen (secondary N) is 1. The molecule has 4 nitrogen and oxygen atoms in total. The fourth-order valence-electron chi connectivity index (χ4n) is 1.45. The van der Waals surface area contributed by atoms with Crippen LogP contribution in [0.3, 0.4) is 0 Å². The van der Waals surface area contributed by atoms with E-state index in [1.54, 1.807) is 19.2 Å². The Bertz CT molecular complexity index is 352. The van der Waals surface area contributed by atoms with E-state index in [1.165, 1.54) is 0 Å². The van der Waals surface area contributed by atoms with E-state index in [1.807, 2.05) is 19.1 Å². The third-order valence-electron chi connectivity index (χ3n) is 2.24. The van der Waals surface area contributed by atoms with E-state index in [0.717, 1.165) is 6.42 Å². The number of para-hydroxylation sites is 1. The summed E-state index contributed by atoms with van der Waals surface area (Å²) >= 11 is 0. The van der Waals surface area contributed by atoms with Crippen molar-refractivity contribution in [3.63, 3.8) is 0 Å². The van der Waals surface area contributed by atoms with Gasteiger partial charge in [0.25, 0.3) is 5.91 Å². The molecule has 1 aromatic carbocycles. The lowest BCUT2D eigenvalue weighted by Gasteiger charge is -2.10. The van der Waals surface area contributed by atoms with E-state index in [0.29, 0.717) is 31.1 Å². The molecule has 0 unspecified atom stereocenters. The molecule has 17 heavy (non-hydrogen) atoms. The molecule has 0 aliphatic rings. The third-order valence-corrected chi connectivity index (χ3v) is 2.24. The highest BCUT2D eigenvalue weighted by molar-refractivity contribution is 5.96. The van der Waals surface area contributed by atoms with Crippen molar-refractivity contribution in [2.24, 2.45) is 0 Å². The molecule has 0 atom stereocenters. The number of ether oxygens (including phenoxy) is 2. The molecule has 0 aliphatic carbocycles. The Hall–Kier alpha value is -1.55. The van der Waals surface area contributed by atoms with Crippen LogP contribution in [0, 0.1) is 0 Å². The number of benzene rings is 1. The number of methoxy groups -OCH3 is 1. The molecular formula is C13H19NO3. The van der Waals surface area contributed by atoms with Gasteiger partial charge in [-0.2, -0.15) is 0 Å². The zero-order chi connectivity index (χ0) is 12.5. The maximum absolute atomic E-state index is 11.9. The average molecular weight is 237 g/mol. The van der Waals surface area contributed by atoms with E-state index in [-0.39, 0.29) is 5.91 Å². The minimum atomic E-state index is -0.106. The van der Waals surface area contributed by atoms with E-state index in [9.17, 15) is 4.79 Å². The van der Waals surface area contributed by atoms with Crippen LogP contribution in [0.1, 0.15) is 23.7 Å². The van der Waals surface area contributed by atoms with Crippen molar-refractivity contribution < 1.29 is 14.3 Å². The van der Waals surface area contributed by atoms with Gasteiger partial charge >= 0.3 is 0 Å². The summed E-state index contributed by atoms with van der Waals surface area (Å²) in [6, 6.07) is 7.24. The predicted octanol–water partition coefficient (Wildman–Crippen LogP) is 1.85. The van der Waals surface area contributed by atoms with Gasteiger partial charge in [0, 0.05) is 20.3 Å². The quantitative estimate of drug-likeness (QED) is 0.736. The highest BCUT2D eigenvalue weighted by Crippen LogP contribution is 2.17. The van der Waals surface area contributed by atoms with Crippen LogP contribution in [0.5, 0.6) is 5.75 Å². The normalized spacial score (nSPS) is 10.0. The van der Waals surface area contributed by atoms with Crippen LogP contribution in [0.4, 0.5) is 0 Å². The SMILES string of the molecule is CCOc1ccccc1C(=O)NCCCOC. The lowest BCUT2D eigenvalue weighted by Crippen LogP contribution is -2.25. The maximum atomic E-state index is 11.9. The first-order valence-electron chi connectivity index (χ1n) is 5.78. The van der Waals surface area contributed by atoms with E-state index < -0.39 is 0 Å². The van der Waals surface area contributed by atoms with E-state index in [2.05, 4.69) is 5.32 Å². The Morgan fingerprint density at radius 3 is 2.82 bits per heavy atom. The van der Waals surface area contributed by atoms with Crippen molar-refractivity contribution in [2.45, 2.75) is 13.3 Å². The highest BCUT2D eigenvalue weighted by atomic mass is 16.5. The molecule has 0 aromatic heterocycles. The van der Waals surface area contributed by atoms with E-state index in [4.69, 9.17) is 9.47 Å². The van der Waals surface area contributed by atoms with Gasteiger partial charge in [-0.1, -0.05) is 12.1 Å². The standard InChI is InChI=1S/C13H19NO3/c1-3-17-12-8-5-4-7-11(12)13(15)14-9-6-10-16-2/h4-5,7-8H,3,6,9-10H2,1-2H3,(H,14,15). The van der Waals surface area contributed by atoms with Crippen molar-refractivity contribution in [1.29, 1.82) is 0 Å². The summed E-state index contributed by atoms with van der Waals surface area (Å²) in [6.45, 7) is 3.70. The topological polar surface area (TPSA) is 47.6 Å². The predicted molar refractivity (Wildman–Crippen MR) is 66.4 cm³/mol. The summed E-state index contributed by atoms with van der Waals surface area (Å²) < 4.78 is 10.3. The third kappa shape index (κ3) is 4.44. The van der Waals surface area contributed by atoms with Gasteiger partial charge in [0.2, 0.25) is 0 Å². The summed E-state index contributed by atoms with van der Waals surface area (Å²) in [7, 11) is 1.65. The Balaban J connectivity index is 2.55. The van der Waals surface area contributed by atoms with Crippen LogP contribution < -0.4 is 10.1 Å². The van der Waals surface area contributed by atoms with Gasteiger partial charge in [0.1, 0.15) is 5.75 Å². The second-order valence-corrected chi connectivity index (χ2v) is 3.53. The summed E-state index contributed by atoms with van der Waals surface area (Å²) in [5.74, 6) is 0.518. The smallest absolute Gasteiger partial charge is 0.255 e. The van der Waals surface area contributed by atoms with Gasteiger partial charge in [-0.05, 0) is 25.5 Å². The number of carbonyl (C=O) groups is 1. The number of amides is 1. The van der Waals surface area contributed by atoms with Crippen LogP contribution in [-0.2, 0) is 4.74 Å². The minimum absolute atomic E-state index is 0.106. The second kappa shape index (κ2) is 7.68. The number of hydrogen-bond acceptors (Lipinski definition) is 3. The number of hydrogen-bond donors (Lipinski definition) is 1. The van der Waals surface area contributed by atoms with Gasteiger partial charge in [0.05, 0.1) is 12.2 Å². The van der Waals surface area contributed by atoms with Gasteiger partial charge in [-0.3, -0.25) is 4.79 Å². The molecule has 1 aromatic rings. The zero-order valence-electron chi connectivity index (χ0n) is 10.4. The van der Waals surface area contributed by atoms with Crippen LogP contribution in [0.2, 0.25) is 0 Å². The lowest BCUT2D eigenvalue weighted by molar-refractivity contribution is 0.0945. The van der Waals surface area contributed by atoms with Gasteiger partial charge in [-0.15, -0.1) is 0 Å². The molecule has 4 heteroatoms. The van der Waals surface area contributed by atoms with Gasteiger partial charge < -0.3 is 14.8 Å². The zero-order valence-corrected chi connectivity index (χ0v) is 10.4. The molecule has 0 aliphatic heterocycles. The van der Waals surface area contributed by atoms with Crippen LogP contribution in [-0.4, -0.2) is 32.8 Å². The lowest BCUT2D eigenvalue weighted by atomic mass is 10.2. The average Bonchev–Trinajstić information content (AvgIpc) is 2.35. The van der Waals surface area contributed by atoms with Crippen molar-refractivity contribution in [3.05, 3.63) is 29.8 Å². The molecule has 94 valence electrons. The summed E-state index contributed by atoms with van der Waals surface area (Å²) in [5.41, 5.74) is 0.576. The maximum Gasteiger partial charge on any atom is 0.255 e. The van der Waals surface area contributed by atoms with Crippen molar-refractivity contribution in [3.8, 4) is 5.75 Å². The van der Waals surface area contributed by atoms with Crippen molar-refractivity contribution in [2.75, 3.05) is 26.9 Å². The summed E-state index contributed by atoms with van der Waals surface area (Å²) in [6.07, 6.45) is 0.805. The van der Waals surface area contributed by atoms with Crippen LogP contribution >= 0.6 is 0 Å². The first-order chi connectivity index (χ1) is 8.29. The first-order valence-corrected chi connectivity index (χ1v) is 5.78. The molecule has 0 spiro atoms. The molecular weight excluding hydrogens is 218 g/mol. The molecule has 1 amide bonds. The number of carbonyl (C=O) groups excluding carboxylic acids is 1. The van der Waals surface area contributed by atoms with Gasteiger partial charge in [0.15, 0.2) is 0 Å². The molecule has 0 fully saturated rings. The number of rotatable bonds is 7. The van der Waals surface area contributed by atoms with Crippen LogP contribution in [0.25, 0.3) is 0 Å². The fourth-order valence-corrected chi connectivity index (χ4v) is 1.45. The highest BCUT2D eigenvalue weighted by Gasteiger charge is 2.10. The minimum Gasteiger partial charge on any atom is -0.493 e. The van der Waals surface area contributed by atoms with E-state index >= 15 is 0 Å². The fraction of sp³-hybridized carbons (Fsp3) is 0.462. The first kappa shape index (κ1) is 13.5. The largest absolute Gasteiger partial charge is 0.493 e. The Kier molecular flexibility index (Phi) is 6.10. The molecule has 1 N–H and O–H groups in total. The monoisotopic (exact) mass is 237 g/mol. The molecule has 0 radical (unpaired) electrons. The Morgan fingerprint density at radius 1 is 1.35 bits per heavy atom. The molecule has 0 bridgehead atoms. The molecule has 0 saturated heterocycles. The van der Waals surface area contributed by atoms with Crippen LogP contribution in [0.15, 0.2) is 24.3 Å². The van der Waals surface area contributed by atoms with Crippen molar-refractivity contribution >= 4 is 5.91 Å². The Morgan fingerprint density at radius 2 is 2.12 bits per heavy atom. The molecule has 1 rings (SSSR count). The summed E-state index contributed by atoms with van der Waals surface area (Å²) in [5, 5.41) is 2.83. The molecule has 0 heterocycles. The second-order valence-electron chi connectivity index (χ2n) is 3.53. The summed E-state index contributed by atoms with van der Waals surface area (Å²) in [4.78, 5) is 11.9. The Labute approximate surface area is 102 Å².